The van der Waals surface area contributed by atoms with Gasteiger partial charge in [-0.15, -0.1) is 0 Å². The van der Waals surface area contributed by atoms with Crippen molar-refractivity contribution in [2.75, 3.05) is 25.1 Å². The topological polar surface area (TPSA) is 99.5 Å². The first-order chi connectivity index (χ1) is 14.0. The zero-order valence-electron chi connectivity index (χ0n) is 16.3. The molecule has 1 saturated carbocycles. The molecule has 0 bridgehead atoms. The van der Waals surface area contributed by atoms with E-state index in [1.807, 2.05) is 30.3 Å². The Bertz CT molecular complexity index is 884. The fourth-order valence-electron chi connectivity index (χ4n) is 3.49. The molecule has 29 heavy (non-hydrogen) atoms. The predicted molar refractivity (Wildman–Crippen MR) is 109 cm³/mol. The van der Waals surface area contributed by atoms with E-state index in [1.165, 1.54) is 11.8 Å². The van der Waals surface area contributed by atoms with Gasteiger partial charge < -0.3 is 15.0 Å². The van der Waals surface area contributed by atoms with Crippen LogP contribution in [0.4, 0.5) is 5.69 Å². The van der Waals surface area contributed by atoms with Crippen LogP contribution in [-0.2, 0) is 19.1 Å². The van der Waals surface area contributed by atoms with E-state index in [1.54, 1.807) is 11.9 Å². The summed E-state index contributed by atoms with van der Waals surface area (Å²) in [6, 6.07) is 9.53. The van der Waals surface area contributed by atoms with Crippen molar-refractivity contribution in [2.24, 2.45) is 5.92 Å². The molecule has 0 aromatic heterocycles. The molecule has 0 atom stereocenters. The van der Waals surface area contributed by atoms with Gasteiger partial charge in [-0.3, -0.25) is 14.4 Å². The van der Waals surface area contributed by atoms with E-state index in [2.05, 4.69) is 5.32 Å². The first-order valence-electron chi connectivity index (χ1n) is 9.62. The van der Waals surface area contributed by atoms with E-state index in [9.17, 15) is 19.6 Å². The van der Waals surface area contributed by atoms with Crippen LogP contribution >= 0.6 is 11.8 Å². The molecule has 2 aliphatic rings. The fraction of sp³-hybridized carbons (Fsp3) is 0.429. The summed E-state index contributed by atoms with van der Waals surface area (Å²) in [7, 11) is 1.78. The highest BCUT2D eigenvalue weighted by molar-refractivity contribution is 8.03. The van der Waals surface area contributed by atoms with Gasteiger partial charge in [-0.2, -0.15) is 5.26 Å². The van der Waals surface area contributed by atoms with Crippen LogP contribution in [0.15, 0.2) is 39.8 Å². The monoisotopic (exact) mass is 413 g/mol. The molecule has 0 radical (unpaired) electrons. The highest BCUT2D eigenvalue weighted by atomic mass is 32.2. The summed E-state index contributed by atoms with van der Waals surface area (Å²) in [5.74, 6) is -1.46. The first kappa shape index (κ1) is 20.9. The summed E-state index contributed by atoms with van der Waals surface area (Å²) in [5.41, 5.74) is 0.864. The minimum absolute atomic E-state index is 0.0484. The zero-order chi connectivity index (χ0) is 20.8. The van der Waals surface area contributed by atoms with Gasteiger partial charge in [0, 0.05) is 17.9 Å². The van der Waals surface area contributed by atoms with Crippen molar-refractivity contribution in [3.63, 3.8) is 0 Å². The van der Waals surface area contributed by atoms with E-state index >= 15 is 0 Å². The molecule has 0 spiro atoms. The number of amides is 1. The average molecular weight is 413 g/mol. The third-order valence-electron chi connectivity index (χ3n) is 5.09. The number of carbonyl (C=O) groups is 3. The Balaban J connectivity index is 1.52. The van der Waals surface area contributed by atoms with Gasteiger partial charge in [-0.25, -0.2) is 0 Å². The number of fused-ring (bicyclic) bond motifs is 1. The Hall–Kier alpha value is -2.79. The number of para-hydroxylation sites is 1. The number of anilines is 1. The highest BCUT2D eigenvalue weighted by Crippen LogP contribution is 2.46. The molecule has 1 fully saturated rings. The molecule has 7 nitrogen and oxygen atoms in total. The van der Waals surface area contributed by atoms with Crippen molar-refractivity contribution in [3.05, 3.63) is 34.9 Å². The van der Waals surface area contributed by atoms with E-state index in [0.717, 1.165) is 42.7 Å². The van der Waals surface area contributed by atoms with Gasteiger partial charge in [0.1, 0.15) is 23.2 Å². The van der Waals surface area contributed by atoms with Crippen LogP contribution in [0.3, 0.4) is 0 Å². The predicted octanol–water partition coefficient (Wildman–Crippen LogP) is 2.77. The van der Waals surface area contributed by atoms with Gasteiger partial charge in [-0.1, -0.05) is 43.2 Å². The van der Waals surface area contributed by atoms with Gasteiger partial charge in [0.2, 0.25) is 11.7 Å². The van der Waals surface area contributed by atoms with Crippen LogP contribution in [0.25, 0.3) is 0 Å². The van der Waals surface area contributed by atoms with E-state index in [4.69, 9.17) is 4.74 Å². The molecule has 1 aromatic rings. The second kappa shape index (κ2) is 9.61. The zero-order valence-corrected chi connectivity index (χ0v) is 17.1. The lowest BCUT2D eigenvalue weighted by molar-refractivity contribution is -0.147. The summed E-state index contributed by atoms with van der Waals surface area (Å²) >= 11 is 1.33. The summed E-state index contributed by atoms with van der Waals surface area (Å²) < 4.78 is 4.98. The van der Waals surface area contributed by atoms with Crippen LogP contribution in [0.5, 0.6) is 0 Å². The molecule has 152 valence electrons. The smallest absolute Gasteiger partial charge is 0.325 e. The summed E-state index contributed by atoms with van der Waals surface area (Å²) in [6.07, 6.45) is 4.87. The molecule has 8 heteroatoms. The maximum absolute atomic E-state index is 12.5. The van der Waals surface area contributed by atoms with E-state index in [-0.39, 0.29) is 23.9 Å². The normalized spacial score (nSPS) is 17.9. The number of benzene rings is 1. The van der Waals surface area contributed by atoms with Crippen LogP contribution in [0.2, 0.25) is 0 Å². The first-order valence-corrected chi connectivity index (χ1v) is 10.4. The molecule has 1 heterocycles. The minimum atomic E-state index is -0.694. The SMILES string of the molecule is CN1/C(=C(\C#N)C(=O)COC(=O)CNC(=O)C2CCCCC2)Sc2ccccc21. The van der Waals surface area contributed by atoms with E-state index < -0.39 is 18.4 Å². The largest absolute Gasteiger partial charge is 0.456 e. The van der Waals surface area contributed by atoms with Gasteiger partial charge in [0.15, 0.2) is 6.61 Å². The van der Waals surface area contributed by atoms with Gasteiger partial charge in [0.05, 0.1) is 5.69 Å². The lowest BCUT2D eigenvalue weighted by Gasteiger charge is -2.20. The summed E-state index contributed by atoms with van der Waals surface area (Å²) in [6.45, 7) is -0.809. The fourth-order valence-corrected chi connectivity index (χ4v) is 4.65. The van der Waals surface area contributed by atoms with Crippen molar-refractivity contribution in [1.82, 2.24) is 5.32 Å². The summed E-state index contributed by atoms with van der Waals surface area (Å²) in [4.78, 5) is 39.2. The Morgan fingerprint density at radius 2 is 1.97 bits per heavy atom. The second-order valence-electron chi connectivity index (χ2n) is 7.06. The lowest BCUT2D eigenvalue weighted by Crippen LogP contribution is -2.36. The average Bonchev–Trinajstić information content (AvgIpc) is 3.08. The molecule has 1 aliphatic heterocycles. The maximum atomic E-state index is 12.5. The molecule has 1 aliphatic carbocycles. The molecule has 0 saturated heterocycles. The number of rotatable bonds is 6. The van der Waals surface area contributed by atoms with Crippen molar-refractivity contribution < 1.29 is 19.1 Å². The Labute approximate surface area is 174 Å². The van der Waals surface area contributed by atoms with Crippen LogP contribution in [0, 0.1) is 17.2 Å². The maximum Gasteiger partial charge on any atom is 0.325 e. The van der Waals surface area contributed by atoms with Gasteiger partial charge in [0.25, 0.3) is 0 Å². The molecule has 1 N–H and O–H groups in total. The standard InChI is InChI=1S/C21H23N3O4S/c1-24-16-9-5-6-10-18(16)29-21(24)15(11-22)17(25)13-28-19(26)12-23-20(27)14-7-3-2-4-8-14/h5-6,9-10,14H,2-4,7-8,12-13H2,1H3,(H,23,27)/b21-15-. The highest BCUT2D eigenvalue weighted by Gasteiger charge is 2.28. The third kappa shape index (κ3) is 4.98. The molecular weight excluding hydrogens is 390 g/mol. The number of hydrogen-bond acceptors (Lipinski definition) is 7. The Morgan fingerprint density at radius 3 is 2.66 bits per heavy atom. The van der Waals surface area contributed by atoms with Crippen LogP contribution in [-0.4, -0.2) is 37.9 Å². The van der Waals surface area contributed by atoms with Crippen LogP contribution < -0.4 is 10.2 Å². The number of carbonyl (C=O) groups excluding carboxylic acids is 3. The molecule has 0 unspecified atom stereocenters. The van der Waals surface area contributed by atoms with Crippen molar-refractivity contribution >= 4 is 35.1 Å². The number of nitrogens with zero attached hydrogens (tertiary/aromatic N) is 2. The van der Waals surface area contributed by atoms with Gasteiger partial charge in [-0.05, 0) is 25.0 Å². The number of ether oxygens (including phenoxy) is 1. The van der Waals surface area contributed by atoms with E-state index in [0.29, 0.717) is 5.03 Å². The molecule has 1 amide bonds. The molecule has 3 rings (SSSR count). The van der Waals surface area contributed by atoms with Crippen molar-refractivity contribution in [2.45, 2.75) is 37.0 Å². The number of thioether (sulfide) groups is 1. The number of Topliss-reactive ketones (excluding diaryl/α,β-unsaturated/α-hetero) is 1. The Morgan fingerprint density at radius 1 is 1.24 bits per heavy atom. The molecular formula is C21H23N3O4S. The summed E-state index contributed by atoms with van der Waals surface area (Å²) in [5, 5.41) is 12.6. The third-order valence-corrected chi connectivity index (χ3v) is 6.33. The second-order valence-corrected chi connectivity index (χ2v) is 8.09. The van der Waals surface area contributed by atoms with Crippen molar-refractivity contribution in [3.8, 4) is 6.07 Å². The Kier molecular flexibility index (Phi) is 6.94. The lowest BCUT2D eigenvalue weighted by atomic mass is 9.89. The number of esters is 1. The quantitative estimate of drug-likeness (QED) is 0.435. The number of nitrogens with one attached hydrogen (secondary N) is 1. The van der Waals surface area contributed by atoms with Gasteiger partial charge >= 0.3 is 5.97 Å². The minimum Gasteiger partial charge on any atom is -0.456 e. The number of nitriles is 1. The number of ketones is 1. The number of hydrogen-bond donors (Lipinski definition) is 1. The van der Waals surface area contributed by atoms with Crippen LogP contribution in [0.1, 0.15) is 32.1 Å². The molecule has 1 aromatic carbocycles. The van der Waals surface area contributed by atoms with Crippen molar-refractivity contribution in [1.29, 1.82) is 5.26 Å².